The number of rotatable bonds is 3. The zero-order valence-corrected chi connectivity index (χ0v) is 14.4. The van der Waals surface area contributed by atoms with Crippen LogP contribution in [0.3, 0.4) is 0 Å². The van der Waals surface area contributed by atoms with Gasteiger partial charge in [0.2, 0.25) is 0 Å². The first-order valence-corrected chi connectivity index (χ1v) is 8.78. The Labute approximate surface area is 147 Å². The van der Waals surface area contributed by atoms with Crippen molar-refractivity contribution in [2.24, 2.45) is 0 Å². The number of methoxy groups -OCH3 is 1. The number of halogens is 3. The van der Waals surface area contributed by atoms with Gasteiger partial charge in [0.15, 0.2) is 0 Å². The smallest absolute Gasteiger partial charge is 0.425 e. The van der Waals surface area contributed by atoms with Gasteiger partial charge < -0.3 is 10.1 Å². The maximum Gasteiger partial charge on any atom is 0.425 e. The van der Waals surface area contributed by atoms with E-state index >= 15 is 0 Å². The Bertz CT molecular complexity index is 740. The minimum atomic E-state index is -4.28. The molecule has 134 valence electrons. The Morgan fingerprint density at radius 2 is 1.92 bits per heavy atom. The highest BCUT2D eigenvalue weighted by atomic mass is 32.1. The Hall–Kier alpha value is -1.86. The highest BCUT2D eigenvalue weighted by Gasteiger charge is 2.34. The van der Waals surface area contributed by atoms with Crippen molar-refractivity contribution in [3.8, 4) is 0 Å². The Morgan fingerprint density at radius 3 is 2.52 bits per heavy atom. The summed E-state index contributed by atoms with van der Waals surface area (Å²) < 4.78 is 43.1. The molecule has 25 heavy (non-hydrogen) atoms. The van der Waals surface area contributed by atoms with Crippen LogP contribution in [0.2, 0.25) is 0 Å². The van der Waals surface area contributed by atoms with Crippen molar-refractivity contribution >= 4 is 17.3 Å². The number of carbonyl (C=O) groups excluding carboxylic acids is 1. The zero-order valence-electron chi connectivity index (χ0n) is 13.6. The van der Waals surface area contributed by atoms with Crippen LogP contribution in [0, 0.1) is 0 Å². The van der Waals surface area contributed by atoms with Crippen molar-refractivity contribution in [1.82, 2.24) is 5.32 Å². The van der Waals surface area contributed by atoms with E-state index in [2.05, 4.69) is 10.1 Å². The standard InChI is InChI=1S/C18H18F3NO2S/c1-24-17(23)12-4-2-11(3-5-12)14-10-13(8-9-22-14)15-6-7-16(25-15)18(19,20)21/h2-7,13-14,22H,8-10H2,1H3. The molecule has 3 rings (SSSR count). The van der Waals surface area contributed by atoms with Gasteiger partial charge in [0.1, 0.15) is 4.88 Å². The minimum absolute atomic E-state index is 0.0573. The number of thiophene rings is 1. The molecule has 2 unspecified atom stereocenters. The molecule has 2 heterocycles. The third kappa shape index (κ3) is 4.04. The van der Waals surface area contributed by atoms with E-state index in [9.17, 15) is 18.0 Å². The summed E-state index contributed by atoms with van der Waals surface area (Å²) >= 11 is 0.839. The minimum Gasteiger partial charge on any atom is -0.465 e. The average molecular weight is 369 g/mol. The monoisotopic (exact) mass is 369 g/mol. The van der Waals surface area contributed by atoms with E-state index < -0.39 is 11.1 Å². The number of carbonyl (C=O) groups is 1. The van der Waals surface area contributed by atoms with Crippen LogP contribution in [0.15, 0.2) is 36.4 Å². The predicted octanol–water partition coefficient (Wildman–Crippen LogP) is 4.76. The fourth-order valence-corrected chi connectivity index (χ4v) is 4.15. The molecule has 0 amide bonds. The number of alkyl halides is 3. The van der Waals surface area contributed by atoms with Gasteiger partial charge in [-0.05, 0) is 55.1 Å². The first kappa shape index (κ1) is 17.9. The SMILES string of the molecule is COC(=O)c1ccc(C2CC(c3ccc(C(F)(F)F)s3)CCN2)cc1. The molecule has 1 aliphatic rings. The van der Waals surface area contributed by atoms with Gasteiger partial charge in [-0.2, -0.15) is 13.2 Å². The summed E-state index contributed by atoms with van der Waals surface area (Å²) in [5, 5.41) is 3.40. The molecule has 2 atom stereocenters. The van der Waals surface area contributed by atoms with E-state index in [0.717, 1.165) is 41.2 Å². The van der Waals surface area contributed by atoms with Gasteiger partial charge in [-0.1, -0.05) is 12.1 Å². The van der Waals surface area contributed by atoms with Crippen molar-refractivity contribution in [3.63, 3.8) is 0 Å². The first-order valence-electron chi connectivity index (χ1n) is 7.97. The lowest BCUT2D eigenvalue weighted by atomic mass is 9.87. The van der Waals surface area contributed by atoms with Crippen LogP contribution >= 0.6 is 11.3 Å². The predicted molar refractivity (Wildman–Crippen MR) is 89.8 cm³/mol. The summed E-state index contributed by atoms with van der Waals surface area (Å²) in [5.74, 6) is -0.285. The topological polar surface area (TPSA) is 38.3 Å². The molecule has 0 radical (unpaired) electrons. The molecule has 1 N–H and O–H groups in total. The second-order valence-electron chi connectivity index (χ2n) is 6.04. The molecule has 1 aromatic carbocycles. The summed E-state index contributed by atoms with van der Waals surface area (Å²) in [6.07, 6.45) is -2.73. The van der Waals surface area contributed by atoms with Crippen molar-refractivity contribution in [1.29, 1.82) is 0 Å². The Balaban J connectivity index is 1.73. The molecule has 3 nitrogen and oxygen atoms in total. The van der Waals surface area contributed by atoms with Crippen LogP contribution in [-0.2, 0) is 10.9 Å². The summed E-state index contributed by atoms with van der Waals surface area (Å²) in [5.41, 5.74) is 1.50. The molecular weight excluding hydrogens is 351 g/mol. The second-order valence-corrected chi connectivity index (χ2v) is 7.16. The van der Waals surface area contributed by atoms with Crippen LogP contribution in [0.25, 0.3) is 0 Å². The van der Waals surface area contributed by atoms with E-state index in [1.807, 2.05) is 12.1 Å². The molecule has 0 bridgehead atoms. The van der Waals surface area contributed by atoms with Crippen LogP contribution in [0.1, 0.15) is 50.5 Å². The third-order valence-electron chi connectivity index (χ3n) is 4.45. The molecular formula is C18H18F3NO2S. The third-order valence-corrected chi connectivity index (χ3v) is 5.74. The van der Waals surface area contributed by atoms with Crippen LogP contribution in [-0.4, -0.2) is 19.6 Å². The molecule has 7 heteroatoms. The summed E-state index contributed by atoms with van der Waals surface area (Å²) in [7, 11) is 1.33. The molecule has 1 aliphatic heterocycles. The molecule has 0 spiro atoms. The average Bonchev–Trinajstić information content (AvgIpc) is 3.12. The van der Waals surface area contributed by atoms with Crippen molar-refractivity contribution in [3.05, 3.63) is 57.3 Å². The number of benzene rings is 1. The quantitative estimate of drug-likeness (QED) is 0.793. The zero-order chi connectivity index (χ0) is 18.0. The highest BCUT2D eigenvalue weighted by molar-refractivity contribution is 7.12. The molecule has 1 fully saturated rings. The largest absolute Gasteiger partial charge is 0.465 e. The fraction of sp³-hybridized carbons (Fsp3) is 0.389. The van der Waals surface area contributed by atoms with E-state index in [-0.39, 0.29) is 17.9 Å². The first-order chi connectivity index (χ1) is 11.9. The van der Waals surface area contributed by atoms with E-state index in [1.165, 1.54) is 13.2 Å². The lowest BCUT2D eigenvalue weighted by molar-refractivity contribution is -0.134. The van der Waals surface area contributed by atoms with Gasteiger partial charge in [0.05, 0.1) is 12.7 Å². The van der Waals surface area contributed by atoms with Gasteiger partial charge in [0.25, 0.3) is 0 Å². The maximum atomic E-state index is 12.8. The number of hydrogen-bond donors (Lipinski definition) is 1. The normalized spacial score (nSPS) is 21.1. The second kappa shape index (κ2) is 7.17. The van der Waals surface area contributed by atoms with Gasteiger partial charge in [-0.3, -0.25) is 0 Å². The van der Waals surface area contributed by atoms with E-state index in [4.69, 9.17) is 0 Å². The van der Waals surface area contributed by atoms with Crippen molar-refractivity contribution in [2.75, 3.05) is 13.7 Å². The molecule has 1 aromatic heterocycles. The molecule has 0 aliphatic carbocycles. The van der Waals surface area contributed by atoms with Crippen LogP contribution in [0.4, 0.5) is 13.2 Å². The molecule has 1 saturated heterocycles. The summed E-state index contributed by atoms with van der Waals surface area (Å²) in [4.78, 5) is 11.7. The van der Waals surface area contributed by atoms with Crippen molar-refractivity contribution in [2.45, 2.75) is 31.0 Å². The van der Waals surface area contributed by atoms with Gasteiger partial charge in [-0.25, -0.2) is 4.79 Å². The summed E-state index contributed by atoms with van der Waals surface area (Å²) in [6, 6.07) is 9.97. The fourth-order valence-electron chi connectivity index (χ4n) is 3.12. The Morgan fingerprint density at radius 1 is 1.20 bits per heavy atom. The van der Waals surface area contributed by atoms with Gasteiger partial charge >= 0.3 is 12.1 Å². The van der Waals surface area contributed by atoms with Crippen LogP contribution < -0.4 is 5.32 Å². The lowest BCUT2D eigenvalue weighted by Gasteiger charge is -2.30. The van der Waals surface area contributed by atoms with E-state index in [0.29, 0.717) is 5.56 Å². The number of nitrogens with one attached hydrogen (secondary N) is 1. The van der Waals surface area contributed by atoms with Crippen LogP contribution in [0.5, 0.6) is 0 Å². The number of piperidine rings is 1. The molecule has 0 saturated carbocycles. The van der Waals surface area contributed by atoms with E-state index in [1.54, 1.807) is 18.2 Å². The number of ether oxygens (including phenoxy) is 1. The number of hydrogen-bond acceptors (Lipinski definition) is 4. The summed E-state index contributed by atoms with van der Waals surface area (Å²) in [6.45, 7) is 0.743. The maximum absolute atomic E-state index is 12.8. The van der Waals surface area contributed by atoms with Gasteiger partial charge in [-0.15, -0.1) is 11.3 Å². The van der Waals surface area contributed by atoms with Gasteiger partial charge in [0, 0.05) is 10.9 Å². The highest BCUT2D eigenvalue weighted by Crippen LogP contribution is 2.41. The Kier molecular flexibility index (Phi) is 5.15. The number of esters is 1. The molecule has 2 aromatic rings. The van der Waals surface area contributed by atoms with Crippen molar-refractivity contribution < 1.29 is 22.7 Å². The lowest BCUT2D eigenvalue weighted by Crippen LogP contribution is -2.30.